The summed E-state index contributed by atoms with van der Waals surface area (Å²) in [7, 11) is 2.05. The van der Waals surface area contributed by atoms with Crippen LogP contribution in [-0.2, 0) is 4.74 Å². The number of nitrogens with zero attached hydrogens (tertiary/aromatic N) is 1. The fourth-order valence-electron chi connectivity index (χ4n) is 0.873. The van der Waals surface area contributed by atoms with Gasteiger partial charge in [-0.15, -0.1) is 0 Å². The average molecular weight is 127 g/mol. The summed E-state index contributed by atoms with van der Waals surface area (Å²) in [6.07, 6.45) is 0. The minimum atomic E-state index is 0.492. The molecule has 2 heteroatoms. The van der Waals surface area contributed by atoms with Crippen LogP contribution in [0.5, 0.6) is 0 Å². The predicted octanol–water partition coefficient (Wildman–Crippen LogP) is 0.851. The van der Waals surface area contributed by atoms with Crippen molar-refractivity contribution in [2.75, 3.05) is 20.3 Å². The molecule has 0 aliphatic carbocycles. The number of hydrogen-bond acceptors (Lipinski definition) is 2. The molecule has 0 aromatic heterocycles. The lowest BCUT2D eigenvalue weighted by atomic mass is 10.2. The highest BCUT2D eigenvalue weighted by Gasteiger charge is 2.15. The first-order chi connectivity index (χ1) is 4.22. The quantitative estimate of drug-likeness (QED) is 0.478. The highest BCUT2D eigenvalue weighted by Crippen LogP contribution is 2.10. The number of hydrogen-bond donors (Lipinski definition) is 0. The summed E-state index contributed by atoms with van der Waals surface area (Å²) in [5, 5.41) is 0. The molecule has 1 fully saturated rings. The Morgan fingerprint density at radius 2 is 2.44 bits per heavy atom. The van der Waals surface area contributed by atoms with Gasteiger partial charge in [0, 0.05) is 18.8 Å². The number of rotatable bonds is 0. The Hall–Kier alpha value is -0.500. The molecule has 52 valence electrons. The Labute approximate surface area is 56.1 Å². The maximum absolute atomic E-state index is 5.22. The molecule has 0 bridgehead atoms. The Morgan fingerprint density at radius 3 is 2.89 bits per heavy atom. The van der Waals surface area contributed by atoms with Gasteiger partial charge in [-0.3, -0.25) is 0 Å². The zero-order valence-electron chi connectivity index (χ0n) is 6.05. The van der Waals surface area contributed by atoms with E-state index in [-0.39, 0.29) is 0 Å². The van der Waals surface area contributed by atoms with E-state index in [2.05, 4.69) is 25.5 Å². The molecule has 1 heterocycles. The third-order valence-corrected chi connectivity index (χ3v) is 1.79. The van der Waals surface area contributed by atoms with Crippen molar-refractivity contribution in [2.24, 2.45) is 0 Å². The molecule has 9 heavy (non-hydrogen) atoms. The summed E-state index contributed by atoms with van der Waals surface area (Å²) >= 11 is 0. The van der Waals surface area contributed by atoms with Gasteiger partial charge in [-0.05, 0) is 6.92 Å². The van der Waals surface area contributed by atoms with Crippen LogP contribution in [0.3, 0.4) is 0 Å². The molecule has 1 atom stereocenters. The van der Waals surface area contributed by atoms with Gasteiger partial charge in [0.25, 0.3) is 0 Å². The van der Waals surface area contributed by atoms with Crippen LogP contribution >= 0.6 is 0 Å². The number of ether oxygens (including phenoxy) is 1. The van der Waals surface area contributed by atoms with E-state index in [0.29, 0.717) is 12.6 Å². The van der Waals surface area contributed by atoms with Gasteiger partial charge in [-0.25, -0.2) is 0 Å². The maximum Gasteiger partial charge on any atom is 0.0859 e. The van der Waals surface area contributed by atoms with Crippen LogP contribution in [0, 0.1) is 0 Å². The fraction of sp³-hybridized carbons (Fsp3) is 0.714. The highest BCUT2D eigenvalue weighted by atomic mass is 16.5. The molecule has 0 radical (unpaired) electrons. The molecule has 1 rings (SSSR count). The van der Waals surface area contributed by atoms with Crippen LogP contribution in [-0.4, -0.2) is 31.2 Å². The van der Waals surface area contributed by atoms with Crippen molar-refractivity contribution in [2.45, 2.75) is 13.0 Å². The molecule has 0 aromatic rings. The molecule has 2 nitrogen and oxygen atoms in total. The van der Waals surface area contributed by atoms with Crippen molar-refractivity contribution in [3.63, 3.8) is 0 Å². The summed E-state index contributed by atoms with van der Waals surface area (Å²) in [6.45, 7) is 7.50. The largest absolute Gasteiger partial charge is 0.373 e. The third kappa shape index (κ3) is 1.24. The van der Waals surface area contributed by atoms with E-state index in [4.69, 9.17) is 4.74 Å². The number of likely N-dealkylation sites (N-methyl/N-ethyl adjacent to an activating group) is 1. The smallest absolute Gasteiger partial charge is 0.0859 e. The Morgan fingerprint density at radius 1 is 1.78 bits per heavy atom. The molecule has 1 aliphatic heterocycles. The Balaban J connectivity index is 2.51. The molecule has 0 aromatic carbocycles. The van der Waals surface area contributed by atoms with Gasteiger partial charge in [-0.1, -0.05) is 6.58 Å². The molecule has 0 N–H and O–H groups in total. The standard InChI is InChI=1S/C7H13NO/c1-6-4-9-5-7(2)8(6)3/h7H,1,4-5H2,2-3H3. The van der Waals surface area contributed by atoms with Crippen LogP contribution in [0.4, 0.5) is 0 Å². The van der Waals surface area contributed by atoms with Crippen molar-refractivity contribution in [3.8, 4) is 0 Å². The van der Waals surface area contributed by atoms with Gasteiger partial charge in [0.05, 0.1) is 13.2 Å². The summed E-state index contributed by atoms with van der Waals surface area (Å²) in [4.78, 5) is 2.16. The van der Waals surface area contributed by atoms with Crippen LogP contribution in [0.25, 0.3) is 0 Å². The van der Waals surface area contributed by atoms with Crippen molar-refractivity contribution in [1.29, 1.82) is 0 Å². The Bertz CT molecular complexity index is 122. The molecule has 0 saturated carbocycles. The van der Waals surface area contributed by atoms with Crippen LogP contribution < -0.4 is 0 Å². The van der Waals surface area contributed by atoms with Gasteiger partial charge < -0.3 is 9.64 Å². The Kier molecular flexibility index (Phi) is 1.76. The number of morpholine rings is 1. The van der Waals surface area contributed by atoms with E-state index in [9.17, 15) is 0 Å². The maximum atomic E-state index is 5.22. The summed E-state index contributed by atoms with van der Waals surface area (Å²) in [6, 6.07) is 0.492. The van der Waals surface area contributed by atoms with Gasteiger partial charge in [0.15, 0.2) is 0 Å². The zero-order chi connectivity index (χ0) is 6.85. The average Bonchev–Trinajstić information content (AvgIpc) is 1.83. The molecule has 1 unspecified atom stereocenters. The van der Waals surface area contributed by atoms with Crippen molar-refractivity contribution < 1.29 is 4.74 Å². The van der Waals surface area contributed by atoms with E-state index in [1.165, 1.54) is 0 Å². The molecule has 0 amide bonds. The molecule has 1 saturated heterocycles. The van der Waals surface area contributed by atoms with E-state index in [0.717, 1.165) is 12.3 Å². The first-order valence-corrected chi connectivity index (χ1v) is 3.20. The minimum Gasteiger partial charge on any atom is -0.373 e. The molecular formula is C7H13NO. The zero-order valence-corrected chi connectivity index (χ0v) is 6.05. The van der Waals surface area contributed by atoms with Gasteiger partial charge in [0.2, 0.25) is 0 Å². The predicted molar refractivity (Wildman–Crippen MR) is 37.2 cm³/mol. The van der Waals surface area contributed by atoms with E-state index in [1.807, 2.05) is 0 Å². The van der Waals surface area contributed by atoms with Crippen molar-refractivity contribution in [3.05, 3.63) is 12.3 Å². The van der Waals surface area contributed by atoms with E-state index < -0.39 is 0 Å². The summed E-state index contributed by atoms with van der Waals surface area (Å²) in [5.74, 6) is 0. The van der Waals surface area contributed by atoms with Crippen LogP contribution in [0.2, 0.25) is 0 Å². The van der Waals surface area contributed by atoms with Crippen molar-refractivity contribution in [1.82, 2.24) is 4.90 Å². The van der Waals surface area contributed by atoms with Crippen molar-refractivity contribution >= 4 is 0 Å². The van der Waals surface area contributed by atoms with Crippen LogP contribution in [0.1, 0.15) is 6.92 Å². The third-order valence-electron chi connectivity index (χ3n) is 1.79. The first kappa shape index (κ1) is 6.62. The molecule has 1 aliphatic rings. The van der Waals surface area contributed by atoms with E-state index in [1.54, 1.807) is 0 Å². The minimum absolute atomic E-state index is 0.492. The lowest BCUT2D eigenvalue weighted by Gasteiger charge is -2.33. The summed E-state index contributed by atoms with van der Waals surface area (Å²) in [5.41, 5.74) is 1.08. The molecule has 0 spiro atoms. The van der Waals surface area contributed by atoms with Crippen LogP contribution in [0.15, 0.2) is 12.3 Å². The topological polar surface area (TPSA) is 12.5 Å². The van der Waals surface area contributed by atoms with Gasteiger partial charge in [-0.2, -0.15) is 0 Å². The SMILES string of the molecule is C=C1COCC(C)N1C. The second-order valence-electron chi connectivity index (χ2n) is 2.54. The van der Waals surface area contributed by atoms with Gasteiger partial charge >= 0.3 is 0 Å². The fourth-order valence-corrected chi connectivity index (χ4v) is 0.873. The lowest BCUT2D eigenvalue weighted by Crippen LogP contribution is -2.38. The first-order valence-electron chi connectivity index (χ1n) is 3.20. The molecular weight excluding hydrogens is 114 g/mol. The van der Waals surface area contributed by atoms with E-state index >= 15 is 0 Å². The monoisotopic (exact) mass is 127 g/mol. The normalized spacial score (nSPS) is 28.9. The summed E-state index contributed by atoms with van der Waals surface area (Å²) < 4.78 is 5.22. The lowest BCUT2D eigenvalue weighted by molar-refractivity contribution is 0.0475. The highest BCUT2D eigenvalue weighted by molar-refractivity contribution is 4.97. The van der Waals surface area contributed by atoms with Gasteiger partial charge in [0.1, 0.15) is 0 Å². The second kappa shape index (κ2) is 2.40. The second-order valence-corrected chi connectivity index (χ2v) is 2.54.